The molecule has 1 saturated heterocycles. The quantitative estimate of drug-likeness (QED) is 0.340. The van der Waals surface area contributed by atoms with Crippen molar-refractivity contribution in [2.75, 3.05) is 46.4 Å². The number of hydrogen-bond donors (Lipinski definition) is 4. The standard InChI is InChI=1S/C19H39N5O2/c1-5-19(6-2,10-13-25)15-22-18(21-7-3)23-16-8-11-24(12-9-16)14-17(26)20-4/h16,25H,5-15H2,1-4H3,(H,20,26)(H2,21,22,23). The zero-order valence-electron chi connectivity index (χ0n) is 17.1. The van der Waals surface area contributed by atoms with Crippen LogP contribution >= 0.6 is 0 Å². The van der Waals surface area contributed by atoms with Gasteiger partial charge >= 0.3 is 0 Å². The van der Waals surface area contributed by atoms with E-state index < -0.39 is 0 Å². The SMILES string of the molecule is CCNC(=NCC(CC)(CC)CCO)NC1CCN(CC(=O)NC)CC1. The highest BCUT2D eigenvalue weighted by molar-refractivity contribution is 5.80. The Hall–Kier alpha value is -1.34. The summed E-state index contributed by atoms with van der Waals surface area (Å²) in [6, 6.07) is 0.379. The number of carbonyl (C=O) groups is 1. The van der Waals surface area contributed by atoms with E-state index >= 15 is 0 Å². The van der Waals surface area contributed by atoms with E-state index in [1.807, 2.05) is 0 Å². The Morgan fingerprint density at radius 3 is 2.38 bits per heavy atom. The van der Waals surface area contributed by atoms with E-state index in [0.29, 0.717) is 12.6 Å². The van der Waals surface area contributed by atoms with Crippen LogP contribution in [0, 0.1) is 5.41 Å². The summed E-state index contributed by atoms with van der Waals surface area (Å²) in [5, 5.41) is 19.0. The molecule has 1 heterocycles. The lowest BCUT2D eigenvalue weighted by molar-refractivity contribution is -0.122. The summed E-state index contributed by atoms with van der Waals surface area (Å²) in [6.45, 7) is 10.5. The maximum absolute atomic E-state index is 11.5. The van der Waals surface area contributed by atoms with Crippen LogP contribution in [0.15, 0.2) is 4.99 Å². The van der Waals surface area contributed by atoms with E-state index in [-0.39, 0.29) is 17.9 Å². The van der Waals surface area contributed by atoms with E-state index in [4.69, 9.17) is 4.99 Å². The summed E-state index contributed by atoms with van der Waals surface area (Å²) in [4.78, 5) is 18.5. The molecule has 26 heavy (non-hydrogen) atoms. The predicted molar refractivity (Wildman–Crippen MR) is 107 cm³/mol. The Labute approximate surface area is 159 Å². The molecular formula is C19H39N5O2. The summed E-state index contributed by atoms with van der Waals surface area (Å²) in [7, 11) is 1.68. The van der Waals surface area contributed by atoms with Crippen LogP contribution < -0.4 is 16.0 Å². The molecule has 1 amide bonds. The number of nitrogens with one attached hydrogen (secondary N) is 3. The third kappa shape index (κ3) is 7.50. The second kappa shape index (κ2) is 12.1. The molecular weight excluding hydrogens is 330 g/mol. The lowest BCUT2D eigenvalue weighted by atomic mass is 9.79. The highest BCUT2D eigenvalue weighted by Gasteiger charge is 2.26. The summed E-state index contributed by atoms with van der Waals surface area (Å²) in [5.74, 6) is 0.937. The summed E-state index contributed by atoms with van der Waals surface area (Å²) >= 11 is 0. The fourth-order valence-electron chi connectivity index (χ4n) is 3.42. The van der Waals surface area contributed by atoms with Gasteiger partial charge in [-0.2, -0.15) is 0 Å². The number of aliphatic hydroxyl groups excluding tert-OH is 1. The number of aliphatic hydroxyl groups is 1. The first-order valence-electron chi connectivity index (χ1n) is 10.1. The molecule has 0 aromatic carbocycles. The number of likely N-dealkylation sites (N-methyl/N-ethyl adjacent to an activating group) is 1. The third-order valence-corrected chi connectivity index (χ3v) is 5.63. The fourth-order valence-corrected chi connectivity index (χ4v) is 3.42. The lowest BCUT2D eigenvalue weighted by Gasteiger charge is -2.33. The molecule has 1 rings (SSSR count). The van der Waals surface area contributed by atoms with Gasteiger partial charge in [0.2, 0.25) is 5.91 Å². The van der Waals surface area contributed by atoms with E-state index in [2.05, 4.69) is 41.6 Å². The van der Waals surface area contributed by atoms with Crippen molar-refractivity contribution in [2.45, 2.75) is 58.9 Å². The minimum atomic E-state index is 0.0747. The van der Waals surface area contributed by atoms with Gasteiger partial charge in [-0.15, -0.1) is 0 Å². The molecule has 7 heteroatoms. The number of rotatable bonds is 10. The number of guanidine groups is 1. The second-order valence-electron chi connectivity index (χ2n) is 7.24. The monoisotopic (exact) mass is 369 g/mol. The second-order valence-corrected chi connectivity index (χ2v) is 7.24. The van der Waals surface area contributed by atoms with Gasteiger partial charge in [-0.25, -0.2) is 0 Å². The highest BCUT2D eigenvalue weighted by atomic mass is 16.3. The van der Waals surface area contributed by atoms with Crippen LogP contribution in [-0.2, 0) is 4.79 Å². The molecule has 0 radical (unpaired) electrons. The van der Waals surface area contributed by atoms with Crippen molar-refractivity contribution in [3.05, 3.63) is 0 Å². The molecule has 7 nitrogen and oxygen atoms in total. The Balaban J connectivity index is 2.58. The fraction of sp³-hybridized carbons (Fsp3) is 0.895. The van der Waals surface area contributed by atoms with Crippen molar-refractivity contribution in [2.24, 2.45) is 10.4 Å². The smallest absolute Gasteiger partial charge is 0.233 e. The zero-order valence-corrected chi connectivity index (χ0v) is 17.1. The van der Waals surface area contributed by atoms with Gasteiger partial charge in [0.25, 0.3) is 0 Å². The number of aliphatic imine (C=N–C) groups is 1. The number of likely N-dealkylation sites (tertiary alicyclic amines) is 1. The number of carbonyl (C=O) groups excluding carboxylic acids is 1. The minimum Gasteiger partial charge on any atom is -0.396 e. The van der Waals surface area contributed by atoms with E-state index in [9.17, 15) is 9.90 Å². The largest absolute Gasteiger partial charge is 0.396 e. The van der Waals surface area contributed by atoms with Crippen LogP contribution in [0.25, 0.3) is 0 Å². The molecule has 0 atom stereocenters. The first-order chi connectivity index (χ1) is 12.5. The molecule has 1 aliphatic heterocycles. The van der Waals surface area contributed by atoms with Crippen LogP contribution in [0.2, 0.25) is 0 Å². The maximum Gasteiger partial charge on any atom is 0.233 e. The Morgan fingerprint density at radius 1 is 1.23 bits per heavy atom. The van der Waals surface area contributed by atoms with E-state index in [1.54, 1.807) is 7.05 Å². The molecule has 1 fully saturated rings. The molecule has 0 unspecified atom stereocenters. The summed E-state index contributed by atoms with van der Waals surface area (Å²) < 4.78 is 0. The Kier molecular flexibility index (Phi) is 10.6. The maximum atomic E-state index is 11.5. The van der Waals surface area contributed by atoms with Crippen LogP contribution in [-0.4, -0.2) is 74.3 Å². The number of amides is 1. The van der Waals surface area contributed by atoms with E-state index in [1.165, 1.54) is 0 Å². The first kappa shape index (κ1) is 22.7. The average Bonchev–Trinajstić information content (AvgIpc) is 2.66. The highest BCUT2D eigenvalue weighted by Crippen LogP contribution is 2.30. The molecule has 4 N–H and O–H groups in total. The van der Waals surface area contributed by atoms with Crippen LogP contribution in [0.3, 0.4) is 0 Å². The zero-order chi connectivity index (χ0) is 19.4. The van der Waals surface area contributed by atoms with Gasteiger partial charge in [0.1, 0.15) is 0 Å². The van der Waals surface area contributed by atoms with Crippen molar-refractivity contribution >= 4 is 11.9 Å². The normalized spacial score (nSPS) is 17.2. The van der Waals surface area contributed by atoms with E-state index in [0.717, 1.165) is 64.2 Å². The number of nitrogens with zero attached hydrogens (tertiary/aromatic N) is 2. The van der Waals surface area contributed by atoms with Crippen molar-refractivity contribution in [3.63, 3.8) is 0 Å². The van der Waals surface area contributed by atoms with Crippen LogP contribution in [0.1, 0.15) is 52.9 Å². The number of hydrogen-bond acceptors (Lipinski definition) is 4. The number of piperidine rings is 1. The van der Waals surface area contributed by atoms with Crippen LogP contribution in [0.4, 0.5) is 0 Å². The van der Waals surface area contributed by atoms with Gasteiger partial charge in [-0.05, 0) is 44.4 Å². The molecule has 0 aliphatic carbocycles. The molecule has 0 aromatic heterocycles. The lowest BCUT2D eigenvalue weighted by Crippen LogP contribution is -2.50. The van der Waals surface area contributed by atoms with Crippen molar-refractivity contribution in [1.29, 1.82) is 0 Å². The summed E-state index contributed by atoms with van der Waals surface area (Å²) in [5.41, 5.74) is 0.0774. The van der Waals surface area contributed by atoms with Gasteiger partial charge in [-0.1, -0.05) is 13.8 Å². The topological polar surface area (TPSA) is 89.0 Å². The minimum absolute atomic E-state index is 0.0747. The van der Waals surface area contributed by atoms with Crippen molar-refractivity contribution < 1.29 is 9.90 Å². The van der Waals surface area contributed by atoms with Gasteiger partial charge in [0, 0.05) is 45.9 Å². The van der Waals surface area contributed by atoms with Gasteiger partial charge in [0.05, 0.1) is 6.54 Å². The molecule has 152 valence electrons. The van der Waals surface area contributed by atoms with Crippen molar-refractivity contribution in [3.8, 4) is 0 Å². The first-order valence-corrected chi connectivity index (χ1v) is 10.1. The predicted octanol–water partition coefficient (Wildman–Crippen LogP) is 0.941. The van der Waals surface area contributed by atoms with Gasteiger partial charge in [-0.3, -0.25) is 14.7 Å². The Bertz CT molecular complexity index is 430. The van der Waals surface area contributed by atoms with Crippen molar-refractivity contribution in [1.82, 2.24) is 20.9 Å². The van der Waals surface area contributed by atoms with Gasteiger partial charge < -0.3 is 21.1 Å². The average molecular weight is 370 g/mol. The molecule has 0 saturated carbocycles. The van der Waals surface area contributed by atoms with Gasteiger partial charge in [0.15, 0.2) is 5.96 Å². The third-order valence-electron chi connectivity index (χ3n) is 5.63. The molecule has 0 aromatic rings. The summed E-state index contributed by atoms with van der Waals surface area (Å²) in [6.07, 6.45) is 4.84. The molecule has 0 bridgehead atoms. The Morgan fingerprint density at radius 2 is 1.88 bits per heavy atom. The molecule has 1 aliphatic rings. The van der Waals surface area contributed by atoms with Crippen LogP contribution in [0.5, 0.6) is 0 Å². The molecule has 0 spiro atoms.